The summed E-state index contributed by atoms with van der Waals surface area (Å²) in [5, 5.41) is 7.26. The molecular weight excluding hydrogens is 717 g/mol. The standard InChI is InChI=1S/C51H30N4OS/c1-2-12-31(13-3-1)49-52-50(54-51(53-49)35-24-25-39-38-19-5-8-22-44(38)56-45(39)30-35)34-16-10-14-32(28-34)33-15-11-17-36(29-33)55-43-21-7-4-18-37(43)41-26-27-42-40-20-6-9-23-46(40)57-48(42)47(41)55/h1-30H. The highest BCUT2D eigenvalue weighted by Crippen LogP contribution is 2.43. The molecule has 12 rings (SSSR count). The molecule has 6 heteroatoms. The molecule has 0 spiro atoms. The summed E-state index contributed by atoms with van der Waals surface area (Å²) in [6, 6.07) is 63.8. The van der Waals surface area contributed by atoms with Gasteiger partial charge in [0.25, 0.3) is 0 Å². The molecule has 0 saturated heterocycles. The van der Waals surface area contributed by atoms with E-state index in [9.17, 15) is 0 Å². The van der Waals surface area contributed by atoms with E-state index in [1.807, 2.05) is 65.9 Å². The van der Waals surface area contributed by atoms with Crippen molar-refractivity contribution >= 4 is 75.3 Å². The van der Waals surface area contributed by atoms with E-state index in [-0.39, 0.29) is 0 Å². The molecule has 4 aromatic heterocycles. The molecule has 266 valence electrons. The number of benzene rings is 8. The number of nitrogens with zero attached hydrogens (tertiary/aromatic N) is 4. The highest BCUT2D eigenvalue weighted by Gasteiger charge is 2.19. The van der Waals surface area contributed by atoms with Gasteiger partial charge in [-0.1, -0.05) is 133 Å². The smallest absolute Gasteiger partial charge is 0.164 e. The number of aromatic nitrogens is 4. The van der Waals surface area contributed by atoms with Crippen molar-refractivity contribution in [2.75, 3.05) is 0 Å². The van der Waals surface area contributed by atoms with E-state index >= 15 is 0 Å². The molecule has 0 aliphatic carbocycles. The summed E-state index contributed by atoms with van der Waals surface area (Å²) in [5.41, 5.74) is 10.1. The molecule has 0 unspecified atom stereocenters. The molecule has 57 heavy (non-hydrogen) atoms. The lowest BCUT2D eigenvalue weighted by atomic mass is 10.0. The van der Waals surface area contributed by atoms with Crippen LogP contribution in [-0.4, -0.2) is 19.5 Å². The van der Waals surface area contributed by atoms with Gasteiger partial charge < -0.3 is 8.98 Å². The van der Waals surface area contributed by atoms with E-state index in [1.165, 1.54) is 42.0 Å². The Morgan fingerprint density at radius 3 is 1.84 bits per heavy atom. The van der Waals surface area contributed by atoms with Crippen LogP contribution in [-0.2, 0) is 0 Å². The maximum atomic E-state index is 6.26. The summed E-state index contributed by atoms with van der Waals surface area (Å²) in [6.07, 6.45) is 0. The van der Waals surface area contributed by atoms with Crippen molar-refractivity contribution < 1.29 is 4.42 Å². The van der Waals surface area contributed by atoms with Crippen molar-refractivity contribution in [2.24, 2.45) is 0 Å². The van der Waals surface area contributed by atoms with Crippen molar-refractivity contribution in [1.29, 1.82) is 0 Å². The second-order valence-electron chi connectivity index (χ2n) is 14.4. The molecule has 0 aliphatic heterocycles. The fourth-order valence-electron chi connectivity index (χ4n) is 8.38. The molecule has 0 saturated carbocycles. The topological polar surface area (TPSA) is 56.7 Å². The highest BCUT2D eigenvalue weighted by atomic mass is 32.1. The molecule has 4 heterocycles. The second kappa shape index (κ2) is 12.6. The van der Waals surface area contributed by atoms with Crippen LogP contribution in [0.2, 0.25) is 0 Å². The van der Waals surface area contributed by atoms with Gasteiger partial charge in [0.15, 0.2) is 17.5 Å². The van der Waals surface area contributed by atoms with Gasteiger partial charge in [0.1, 0.15) is 11.2 Å². The fourth-order valence-corrected chi connectivity index (χ4v) is 9.62. The van der Waals surface area contributed by atoms with Gasteiger partial charge in [-0.25, -0.2) is 15.0 Å². The SMILES string of the molecule is c1ccc(-c2nc(-c3cccc(-c4cccc(-n5c6ccccc6c6ccc7c8ccccc8sc7c65)c4)c3)nc(-c3ccc4c(c3)oc3ccccc34)n2)cc1. The third kappa shape index (κ3) is 5.12. The Labute approximate surface area is 330 Å². The lowest BCUT2D eigenvalue weighted by molar-refractivity contribution is 0.669. The first-order valence-electron chi connectivity index (χ1n) is 19.0. The summed E-state index contributed by atoms with van der Waals surface area (Å²) < 4.78 is 11.3. The van der Waals surface area contributed by atoms with E-state index in [4.69, 9.17) is 19.4 Å². The molecule has 0 fully saturated rings. The van der Waals surface area contributed by atoms with Crippen LogP contribution in [0, 0.1) is 0 Å². The minimum atomic E-state index is 0.590. The maximum Gasteiger partial charge on any atom is 0.164 e. The minimum Gasteiger partial charge on any atom is -0.456 e. The molecule has 12 aromatic rings. The van der Waals surface area contributed by atoms with Gasteiger partial charge in [0.2, 0.25) is 0 Å². The number of thiophene rings is 1. The van der Waals surface area contributed by atoms with Crippen LogP contribution >= 0.6 is 11.3 Å². The molecule has 0 amide bonds. The first-order valence-corrected chi connectivity index (χ1v) is 19.8. The quantitative estimate of drug-likeness (QED) is 0.176. The Kier molecular flexibility index (Phi) is 7.03. The average Bonchev–Trinajstić information content (AvgIpc) is 3.96. The third-order valence-electron chi connectivity index (χ3n) is 11.0. The van der Waals surface area contributed by atoms with Gasteiger partial charge in [-0.15, -0.1) is 11.3 Å². The Morgan fingerprint density at radius 2 is 0.982 bits per heavy atom. The predicted octanol–water partition coefficient (Wildman–Crippen LogP) is 13.9. The first kappa shape index (κ1) is 31.9. The Morgan fingerprint density at radius 1 is 0.386 bits per heavy atom. The van der Waals surface area contributed by atoms with Gasteiger partial charge in [0, 0.05) is 59.4 Å². The zero-order valence-corrected chi connectivity index (χ0v) is 31.2. The van der Waals surface area contributed by atoms with E-state index in [1.54, 1.807) is 0 Å². The molecular formula is C51H30N4OS. The summed E-state index contributed by atoms with van der Waals surface area (Å²) in [4.78, 5) is 15.2. The predicted molar refractivity (Wildman–Crippen MR) is 236 cm³/mol. The molecule has 0 N–H and O–H groups in total. The van der Waals surface area contributed by atoms with Gasteiger partial charge >= 0.3 is 0 Å². The maximum absolute atomic E-state index is 6.26. The number of fused-ring (bicyclic) bond motifs is 10. The van der Waals surface area contributed by atoms with Gasteiger partial charge in [-0.2, -0.15) is 0 Å². The van der Waals surface area contributed by atoms with Gasteiger partial charge in [-0.05, 0) is 59.7 Å². The lowest BCUT2D eigenvalue weighted by Crippen LogP contribution is -2.00. The van der Waals surface area contributed by atoms with Crippen molar-refractivity contribution in [3.8, 4) is 51.0 Å². The van der Waals surface area contributed by atoms with Crippen molar-refractivity contribution in [3.05, 3.63) is 182 Å². The minimum absolute atomic E-state index is 0.590. The molecule has 0 atom stereocenters. The van der Waals surface area contributed by atoms with Crippen molar-refractivity contribution in [1.82, 2.24) is 19.5 Å². The monoisotopic (exact) mass is 746 g/mol. The van der Waals surface area contributed by atoms with Crippen LogP contribution in [0.5, 0.6) is 0 Å². The van der Waals surface area contributed by atoms with E-state index in [2.05, 4.69) is 132 Å². The summed E-state index contributed by atoms with van der Waals surface area (Å²) in [6.45, 7) is 0. The fraction of sp³-hybridized carbons (Fsp3) is 0. The lowest BCUT2D eigenvalue weighted by Gasteiger charge is -2.12. The normalized spacial score (nSPS) is 11.9. The van der Waals surface area contributed by atoms with Gasteiger partial charge in [0.05, 0.1) is 15.7 Å². The van der Waals surface area contributed by atoms with Crippen LogP contribution in [0.4, 0.5) is 0 Å². The van der Waals surface area contributed by atoms with Crippen LogP contribution in [0.3, 0.4) is 0 Å². The Hall–Kier alpha value is -7.41. The molecule has 8 aromatic carbocycles. The van der Waals surface area contributed by atoms with Crippen molar-refractivity contribution in [2.45, 2.75) is 0 Å². The van der Waals surface area contributed by atoms with Crippen LogP contribution in [0.1, 0.15) is 0 Å². The summed E-state index contributed by atoms with van der Waals surface area (Å²) in [7, 11) is 0. The zero-order chi connectivity index (χ0) is 37.5. The number of furan rings is 1. The molecule has 0 bridgehead atoms. The summed E-state index contributed by atoms with van der Waals surface area (Å²) >= 11 is 1.87. The van der Waals surface area contributed by atoms with E-state index in [0.717, 1.165) is 55.4 Å². The summed E-state index contributed by atoms with van der Waals surface area (Å²) in [5.74, 6) is 1.82. The van der Waals surface area contributed by atoms with Crippen LogP contribution in [0.25, 0.3) is 115 Å². The van der Waals surface area contributed by atoms with E-state index in [0.29, 0.717) is 17.5 Å². The molecule has 0 radical (unpaired) electrons. The van der Waals surface area contributed by atoms with Crippen LogP contribution < -0.4 is 0 Å². The largest absolute Gasteiger partial charge is 0.456 e. The first-order chi connectivity index (χ1) is 28.2. The Balaban J connectivity index is 1.00. The molecule has 5 nitrogen and oxygen atoms in total. The highest BCUT2D eigenvalue weighted by molar-refractivity contribution is 7.26. The zero-order valence-electron chi connectivity index (χ0n) is 30.4. The van der Waals surface area contributed by atoms with Gasteiger partial charge in [-0.3, -0.25) is 0 Å². The second-order valence-corrected chi connectivity index (χ2v) is 15.5. The number of hydrogen-bond acceptors (Lipinski definition) is 5. The Bertz CT molecular complexity index is 3540. The van der Waals surface area contributed by atoms with Crippen LogP contribution in [0.15, 0.2) is 186 Å². The number of para-hydroxylation sites is 2. The number of hydrogen-bond donors (Lipinski definition) is 0. The number of rotatable bonds is 5. The van der Waals surface area contributed by atoms with Crippen molar-refractivity contribution in [3.63, 3.8) is 0 Å². The molecule has 0 aliphatic rings. The average molecular weight is 747 g/mol. The third-order valence-corrected chi connectivity index (χ3v) is 12.2. The van der Waals surface area contributed by atoms with E-state index < -0.39 is 0 Å².